The molecule has 3 heteroatoms. The van der Waals surface area contributed by atoms with E-state index in [0.29, 0.717) is 19.2 Å². The number of ether oxygens (including phenoxy) is 1. The van der Waals surface area contributed by atoms with Gasteiger partial charge < -0.3 is 9.84 Å². The lowest BCUT2D eigenvalue weighted by Crippen LogP contribution is -2.35. The molecule has 2 atom stereocenters. The van der Waals surface area contributed by atoms with Crippen molar-refractivity contribution in [2.75, 3.05) is 20.2 Å². The molecule has 1 aliphatic rings. The Morgan fingerprint density at radius 3 is 2.74 bits per heavy atom. The van der Waals surface area contributed by atoms with E-state index in [9.17, 15) is 5.11 Å². The van der Waals surface area contributed by atoms with Gasteiger partial charge in [-0.1, -0.05) is 42.5 Å². The number of aliphatic hydroxyl groups is 1. The summed E-state index contributed by atoms with van der Waals surface area (Å²) in [6, 6.07) is 16.9. The molecule has 3 nitrogen and oxygen atoms in total. The SMILES string of the molecule is Cc1ccccc1OCC(O)CN(C)C1CCc2ccccc21. The summed E-state index contributed by atoms with van der Waals surface area (Å²) in [5, 5.41) is 10.3. The average molecular weight is 311 g/mol. The van der Waals surface area contributed by atoms with Gasteiger partial charge in [-0.15, -0.1) is 0 Å². The maximum absolute atomic E-state index is 10.3. The second-order valence-corrected chi connectivity index (χ2v) is 6.42. The molecule has 0 aromatic heterocycles. The van der Waals surface area contributed by atoms with Gasteiger partial charge in [0.15, 0.2) is 0 Å². The van der Waals surface area contributed by atoms with Crippen LogP contribution in [0.3, 0.4) is 0 Å². The van der Waals surface area contributed by atoms with Crippen LogP contribution in [0.25, 0.3) is 0 Å². The number of benzene rings is 2. The molecule has 122 valence electrons. The third-order valence-corrected chi connectivity index (χ3v) is 4.66. The number of hydrogen-bond donors (Lipinski definition) is 1. The molecule has 3 rings (SSSR count). The third kappa shape index (κ3) is 3.74. The number of likely N-dealkylation sites (N-methyl/N-ethyl adjacent to an activating group) is 1. The first-order chi connectivity index (χ1) is 11.1. The third-order valence-electron chi connectivity index (χ3n) is 4.66. The van der Waals surface area contributed by atoms with Crippen molar-refractivity contribution in [1.82, 2.24) is 4.90 Å². The van der Waals surface area contributed by atoms with Gasteiger partial charge in [0.1, 0.15) is 18.5 Å². The maximum atomic E-state index is 10.3. The van der Waals surface area contributed by atoms with Gasteiger partial charge in [-0.05, 0) is 49.6 Å². The predicted octanol–water partition coefficient (Wildman–Crippen LogP) is 3.35. The zero-order chi connectivity index (χ0) is 16.2. The predicted molar refractivity (Wildman–Crippen MR) is 92.8 cm³/mol. The van der Waals surface area contributed by atoms with Crippen LogP contribution >= 0.6 is 0 Å². The van der Waals surface area contributed by atoms with E-state index in [4.69, 9.17) is 4.74 Å². The van der Waals surface area contributed by atoms with Crippen molar-refractivity contribution in [3.8, 4) is 5.75 Å². The summed E-state index contributed by atoms with van der Waals surface area (Å²) in [7, 11) is 2.09. The molecule has 1 aliphatic carbocycles. The van der Waals surface area contributed by atoms with Crippen LogP contribution in [0.15, 0.2) is 48.5 Å². The number of fused-ring (bicyclic) bond motifs is 1. The second-order valence-electron chi connectivity index (χ2n) is 6.42. The molecule has 23 heavy (non-hydrogen) atoms. The largest absolute Gasteiger partial charge is 0.491 e. The number of aliphatic hydroxyl groups excluding tert-OH is 1. The molecule has 2 aromatic carbocycles. The summed E-state index contributed by atoms with van der Waals surface area (Å²) in [5.74, 6) is 0.848. The van der Waals surface area contributed by atoms with Crippen LogP contribution in [0.1, 0.15) is 29.2 Å². The molecular formula is C20H25NO2. The molecule has 2 unspecified atom stereocenters. The van der Waals surface area contributed by atoms with Crippen LogP contribution in [0, 0.1) is 6.92 Å². The Hall–Kier alpha value is -1.84. The Balaban J connectivity index is 1.54. The zero-order valence-corrected chi connectivity index (χ0v) is 13.9. The lowest BCUT2D eigenvalue weighted by atomic mass is 10.1. The number of rotatable bonds is 6. The van der Waals surface area contributed by atoms with Gasteiger partial charge in [0.2, 0.25) is 0 Å². The van der Waals surface area contributed by atoms with E-state index >= 15 is 0 Å². The minimum atomic E-state index is -0.493. The van der Waals surface area contributed by atoms with Crippen molar-refractivity contribution in [1.29, 1.82) is 0 Å². The molecular weight excluding hydrogens is 286 g/mol. The summed E-state index contributed by atoms with van der Waals surface area (Å²) in [5.41, 5.74) is 3.94. The number of para-hydroxylation sites is 1. The summed E-state index contributed by atoms with van der Waals surface area (Å²) in [6.45, 7) is 2.96. The van der Waals surface area contributed by atoms with Crippen LogP contribution in [-0.4, -0.2) is 36.3 Å². The Morgan fingerprint density at radius 1 is 1.17 bits per heavy atom. The molecule has 1 N–H and O–H groups in total. The maximum Gasteiger partial charge on any atom is 0.122 e. The van der Waals surface area contributed by atoms with E-state index in [1.165, 1.54) is 11.1 Å². The molecule has 0 spiro atoms. The standard InChI is InChI=1S/C20H25NO2/c1-15-7-3-6-10-20(15)23-14-17(22)13-21(2)19-12-11-16-8-4-5-9-18(16)19/h3-10,17,19,22H,11-14H2,1-2H3. The first kappa shape index (κ1) is 16.0. The summed E-state index contributed by atoms with van der Waals surface area (Å²) < 4.78 is 5.75. The highest BCUT2D eigenvalue weighted by atomic mass is 16.5. The highest BCUT2D eigenvalue weighted by molar-refractivity contribution is 5.34. The van der Waals surface area contributed by atoms with E-state index in [2.05, 4.69) is 36.2 Å². The zero-order valence-electron chi connectivity index (χ0n) is 13.9. The Morgan fingerprint density at radius 2 is 1.91 bits per heavy atom. The fourth-order valence-electron chi connectivity index (χ4n) is 3.41. The molecule has 0 bridgehead atoms. The highest BCUT2D eigenvalue weighted by Gasteiger charge is 2.26. The monoisotopic (exact) mass is 311 g/mol. The van der Waals surface area contributed by atoms with Gasteiger partial charge in [0, 0.05) is 12.6 Å². The van der Waals surface area contributed by atoms with Gasteiger partial charge >= 0.3 is 0 Å². The van der Waals surface area contributed by atoms with Crippen LogP contribution in [-0.2, 0) is 6.42 Å². The van der Waals surface area contributed by atoms with Gasteiger partial charge in [-0.2, -0.15) is 0 Å². The lowest BCUT2D eigenvalue weighted by molar-refractivity contribution is 0.0627. The molecule has 0 heterocycles. The molecule has 0 aliphatic heterocycles. The number of nitrogens with zero attached hydrogens (tertiary/aromatic N) is 1. The summed E-state index contributed by atoms with van der Waals surface area (Å²) >= 11 is 0. The summed E-state index contributed by atoms with van der Waals surface area (Å²) in [6.07, 6.45) is 1.76. The number of hydrogen-bond acceptors (Lipinski definition) is 3. The molecule has 0 saturated carbocycles. The van der Waals surface area contributed by atoms with Gasteiger partial charge in [0.25, 0.3) is 0 Å². The first-order valence-corrected chi connectivity index (χ1v) is 8.29. The second kappa shape index (κ2) is 7.16. The van der Waals surface area contributed by atoms with Gasteiger partial charge in [-0.3, -0.25) is 4.90 Å². The van der Waals surface area contributed by atoms with Crippen molar-refractivity contribution >= 4 is 0 Å². The molecule has 0 radical (unpaired) electrons. The van der Waals surface area contributed by atoms with Gasteiger partial charge in [-0.25, -0.2) is 0 Å². The topological polar surface area (TPSA) is 32.7 Å². The quantitative estimate of drug-likeness (QED) is 0.888. The van der Waals surface area contributed by atoms with E-state index < -0.39 is 6.10 Å². The highest BCUT2D eigenvalue weighted by Crippen LogP contribution is 2.34. The molecule has 2 aromatic rings. The average Bonchev–Trinajstić information content (AvgIpc) is 2.98. The Labute approximate surface area is 138 Å². The number of aryl methyl sites for hydroxylation is 2. The fourth-order valence-corrected chi connectivity index (χ4v) is 3.41. The first-order valence-electron chi connectivity index (χ1n) is 8.29. The van der Waals surface area contributed by atoms with Crippen molar-refractivity contribution in [3.05, 3.63) is 65.2 Å². The van der Waals surface area contributed by atoms with E-state index in [0.717, 1.165) is 24.2 Å². The van der Waals surface area contributed by atoms with Crippen molar-refractivity contribution < 1.29 is 9.84 Å². The van der Waals surface area contributed by atoms with E-state index in [1.807, 2.05) is 31.2 Å². The van der Waals surface area contributed by atoms with Crippen molar-refractivity contribution in [3.63, 3.8) is 0 Å². The summed E-state index contributed by atoms with van der Waals surface area (Å²) in [4.78, 5) is 2.25. The van der Waals surface area contributed by atoms with Gasteiger partial charge in [0.05, 0.1) is 0 Å². The Bertz CT molecular complexity index is 656. The van der Waals surface area contributed by atoms with Crippen LogP contribution < -0.4 is 4.74 Å². The van der Waals surface area contributed by atoms with Crippen molar-refractivity contribution in [2.24, 2.45) is 0 Å². The Kier molecular flexibility index (Phi) is 4.99. The molecule has 0 amide bonds. The van der Waals surface area contributed by atoms with E-state index in [-0.39, 0.29) is 0 Å². The molecule has 0 saturated heterocycles. The normalized spacial score (nSPS) is 18.0. The molecule has 0 fully saturated rings. The lowest BCUT2D eigenvalue weighted by Gasteiger charge is -2.27. The van der Waals surface area contributed by atoms with Crippen LogP contribution in [0.2, 0.25) is 0 Å². The van der Waals surface area contributed by atoms with Crippen molar-refractivity contribution in [2.45, 2.75) is 31.9 Å². The fraction of sp³-hybridized carbons (Fsp3) is 0.400. The van der Waals surface area contributed by atoms with Crippen LogP contribution in [0.4, 0.5) is 0 Å². The minimum absolute atomic E-state index is 0.323. The smallest absolute Gasteiger partial charge is 0.122 e. The van der Waals surface area contributed by atoms with Crippen LogP contribution in [0.5, 0.6) is 5.75 Å². The van der Waals surface area contributed by atoms with E-state index in [1.54, 1.807) is 0 Å². The minimum Gasteiger partial charge on any atom is -0.491 e.